The molecule has 4 nitrogen and oxygen atoms in total. The Morgan fingerprint density at radius 3 is 2.24 bits per heavy atom. The van der Waals surface area contributed by atoms with Crippen LogP contribution in [0.4, 0.5) is 0 Å². The predicted octanol–water partition coefficient (Wildman–Crippen LogP) is 6.14. The lowest BCUT2D eigenvalue weighted by molar-refractivity contribution is 0.211. The molecule has 0 saturated heterocycles. The second-order valence-electron chi connectivity index (χ2n) is 7.35. The van der Waals surface area contributed by atoms with Crippen molar-refractivity contribution >= 4 is 22.6 Å². The van der Waals surface area contributed by atoms with Crippen molar-refractivity contribution in [1.82, 2.24) is 4.90 Å². The lowest BCUT2D eigenvalue weighted by Crippen LogP contribution is -2.34. The number of hydrogen-bond acceptors (Lipinski definition) is 4. The van der Waals surface area contributed by atoms with Gasteiger partial charge in [0.15, 0.2) is 0 Å². The van der Waals surface area contributed by atoms with Crippen LogP contribution in [0.5, 0.6) is 5.75 Å². The fourth-order valence-corrected chi connectivity index (χ4v) is 3.81. The third kappa shape index (κ3) is 4.82. The fraction of sp³-hybridized carbons (Fsp3) is 0.375. The van der Waals surface area contributed by atoms with Crippen LogP contribution < -0.4 is 5.63 Å². The highest BCUT2D eigenvalue weighted by molar-refractivity contribution is 6.30. The highest BCUT2D eigenvalue weighted by Gasteiger charge is 2.29. The summed E-state index contributed by atoms with van der Waals surface area (Å²) in [5.41, 5.74) is 1.10. The summed E-state index contributed by atoms with van der Waals surface area (Å²) in [5.74, 6) is -0.00482. The van der Waals surface area contributed by atoms with E-state index in [1.54, 1.807) is 18.2 Å². The van der Waals surface area contributed by atoms with Crippen LogP contribution in [0, 0.1) is 0 Å². The number of halogens is 1. The molecular weight excluding hydrogens is 386 g/mol. The van der Waals surface area contributed by atoms with Gasteiger partial charge in [-0.25, -0.2) is 4.79 Å². The Balaban J connectivity index is 2.20. The van der Waals surface area contributed by atoms with E-state index in [1.165, 1.54) is 0 Å². The minimum atomic E-state index is -0.501. The molecule has 0 aliphatic heterocycles. The monoisotopic (exact) mass is 413 g/mol. The van der Waals surface area contributed by atoms with Crippen molar-refractivity contribution in [3.05, 3.63) is 75.1 Å². The van der Waals surface area contributed by atoms with Crippen LogP contribution in [0.3, 0.4) is 0 Å². The number of benzene rings is 2. The van der Waals surface area contributed by atoms with Crippen LogP contribution in [0.15, 0.2) is 57.7 Å². The molecule has 1 N–H and O–H groups in total. The van der Waals surface area contributed by atoms with Gasteiger partial charge in [-0.05, 0) is 55.8 Å². The number of fused-ring (bicyclic) bond motifs is 1. The van der Waals surface area contributed by atoms with Crippen molar-refractivity contribution in [2.75, 3.05) is 13.1 Å². The average molecular weight is 414 g/mol. The summed E-state index contributed by atoms with van der Waals surface area (Å²) in [4.78, 5) is 15.3. The largest absolute Gasteiger partial charge is 0.507 e. The van der Waals surface area contributed by atoms with Crippen molar-refractivity contribution in [1.29, 1.82) is 0 Å². The maximum Gasteiger partial charge on any atom is 0.345 e. The molecule has 0 fully saturated rings. The van der Waals surface area contributed by atoms with E-state index in [9.17, 15) is 9.90 Å². The third-order valence-corrected chi connectivity index (χ3v) is 5.49. The van der Waals surface area contributed by atoms with Crippen LogP contribution in [-0.4, -0.2) is 23.1 Å². The first-order chi connectivity index (χ1) is 14.1. The van der Waals surface area contributed by atoms with E-state index in [0.717, 1.165) is 44.3 Å². The molecule has 5 heteroatoms. The molecule has 0 bridgehead atoms. The molecule has 3 rings (SSSR count). The molecule has 154 valence electrons. The van der Waals surface area contributed by atoms with E-state index in [0.29, 0.717) is 21.6 Å². The molecule has 0 aliphatic rings. The molecule has 0 spiro atoms. The summed E-state index contributed by atoms with van der Waals surface area (Å²) < 4.78 is 5.59. The van der Waals surface area contributed by atoms with Gasteiger partial charge in [0, 0.05) is 5.02 Å². The quantitative estimate of drug-likeness (QED) is 0.428. The molecule has 0 aliphatic carbocycles. The Morgan fingerprint density at radius 2 is 1.62 bits per heavy atom. The van der Waals surface area contributed by atoms with E-state index < -0.39 is 11.7 Å². The lowest BCUT2D eigenvalue weighted by Gasteiger charge is -2.32. The summed E-state index contributed by atoms with van der Waals surface area (Å²) in [6.45, 7) is 5.96. The van der Waals surface area contributed by atoms with Crippen molar-refractivity contribution in [2.24, 2.45) is 0 Å². The Hall–Kier alpha value is -2.30. The summed E-state index contributed by atoms with van der Waals surface area (Å²) in [6, 6.07) is 14.2. The zero-order valence-corrected chi connectivity index (χ0v) is 17.8. The number of rotatable bonds is 9. The first kappa shape index (κ1) is 21.4. The number of aromatic hydroxyl groups is 1. The number of para-hydroxylation sites is 1. The van der Waals surface area contributed by atoms with E-state index in [1.807, 2.05) is 30.3 Å². The van der Waals surface area contributed by atoms with Crippen molar-refractivity contribution in [3.63, 3.8) is 0 Å². The van der Waals surface area contributed by atoms with Gasteiger partial charge in [0.1, 0.15) is 16.9 Å². The highest BCUT2D eigenvalue weighted by Crippen LogP contribution is 2.37. The standard InChI is InChI=1S/C24H28ClNO3/c1-3-5-15-26(16-6-4-2)22(17-11-13-18(25)14-12-17)21-23(27)19-9-7-8-10-20(19)29-24(21)28/h7-14,22,27H,3-6,15-16H2,1-2H3. The van der Waals surface area contributed by atoms with Gasteiger partial charge in [-0.1, -0.05) is 62.6 Å². The number of unbranched alkanes of at least 4 members (excludes halogenated alkanes) is 2. The first-order valence-corrected chi connectivity index (χ1v) is 10.7. The molecule has 0 amide bonds. The van der Waals surface area contributed by atoms with Gasteiger partial charge in [0.2, 0.25) is 0 Å². The zero-order chi connectivity index (χ0) is 20.8. The normalized spacial score (nSPS) is 12.6. The van der Waals surface area contributed by atoms with Gasteiger partial charge in [-0.2, -0.15) is 0 Å². The summed E-state index contributed by atoms with van der Waals surface area (Å²) >= 11 is 6.11. The fourth-order valence-electron chi connectivity index (χ4n) is 3.69. The summed E-state index contributed by atoms with van der Waals surface area (Å²) in [5, 5.41) is 12.3. The van der Waals surface area contributed by atoms with Crippen molar-refractivity contribution in [3.8, 4) is 5.75 Å². The van der Waals surface area contributed by atoms with Crippen molar-refractivity contribution in [2.45, 2.75) is 45.6 Å². The van der Waals surface area contributed by atoms with Gasteiger partial charge in [-0.15, -0.1) is 0 Å². The van der Waals surface area contributed by atoms with Crippen LogP contribution in [0.25, 0.3) is 11.0 Å². The Kier molecular flexibility index (Phi) is 7.34. The Labute approximate surface area is 176 Å². The average Bonchev–Trinajstić information content (AvgIpc) is 2.73. The molecule has 1 aromatic heterocycles. The molecule has 0 saturated carbocycles. The second-order valence-corrected chi connectivity index (χ2v) is 7.78. The smallest absolute Gasteiger partial charge is 0.345 e. The van der Waals surface area contributed by atoms with Crippen LogP contribution in [-0.2, 0) is 0 Å². The molecule has 3 aromatic rings. The molecule has 1 unspecified atom stereocenters. The van der Waals surface area contributed by atoms with E-state index in [4.69, 9.17) is 16.0 Å². The Morgan fingerprint density at radius 1 is 1.00 bits per heavy atom. The van der Waals surface area contributed by atoms with Gasteiger partial charge in [-0.3, -0.25) is 4.90 Å². The topological polar surface area (TPSA) is 53.7 Å². The Bertz CT molecular complexity index is 989. The van der Waals surface area contributed by atoms with E-state index >= 15 is 0 Å². The predicted molar refractivity (Wildman–Crippen MR) is 119 cm³/mol. The lowest BCUT2D eigenvalue weighted by atomic mass is 9.95. The minimum absolute atomic E-state index is 0.00482. The van der Waals surface area contributed by atoms with Crippen LogP contribution in [0.1, 0.15) is 56.7 Å². The van der Waals surface area contributed by atoms with Gasteiger partial charge in [0.25, 0.3) is 0 Å². The molecule has 0 radical (unpaired) electrons. The third-order valence-electron chi connectivity index (χ3n) is 5.24. The number of nitrogens with zero attached hydrogens (tertiary/aromatic N) is 1. The van der Waals surface area contributed by atoms with Crippen LogP contribution >= 0.6 is 11.6 Å². The second kappa shape index (κ2) is 9.95. The van der Waals surface area contributed by atoms with Gasteiger partial charge < -0.3 is 9.52 Å². The summed E-state index contributed by atoms with van der Waals surface area (Å²) in [6.07, 6.45) is 4.11. The van der Waals surface area contributed by atoms with Gasteiger partial charge in [0.05, 0.1) is 11.4 Å². The molecule has 1 atom stereocenters. The molecule has 2 aromatic carbocycles. The maximum absolute atomic E-state index is 13.0. The first-order valence-electron chi connectivity index (χ1n) is 10.3. The molecule has 29 heavy (non-hydrogen) atoms. The highest BCUT2D eigenvalue weighted by atomic mass is 35.5. The van der Waals surface area contributed by atoms with Crippen molar-refractivity contribution < 1.29 is 9.52 Å². The zero-order valence-electron chi connectivity index (χ0n) is 17.0. The minimum Gasteiger partial charge on any atom is -0.507 e. The van der Waals surface area contributed by atoms with Crippen LogP contribution in [0.2, 0.25) is 5.02 Å². The summed E-state index contributed by atoms with van der Waals surface area (Å²) in [7, 11) is 0. The van der Waals surface area contributed by atoms with E-state index in [2.05, 4.69) is 18.7 Å². The van der Waals surface area contributed by atoms with E-state index in [-0.39, 0.29) is 5.75 Å². The van der Waals surface area contributed by atoms with Gasteiger partial charge >= 0.3 is 5.63 Å². The maximum atomic E-state index is 13.0. The number of hydrogen-bond donors (Lipinski definition) is 1. The molecule has 1 heterocycles. The molecular formula is C24H28ClNO3. The SMILES string of the molecule is CCCCN(CCCC)C(c1ccc(Cl)cc1)c1c(O)c2ccccc2oc1=O.